The molecular weight excluding hydrogens is 293 g/mol. The molecular formula is C16H25F3N2O. The second-order valence-electron chi connectivity index (χ2n) is 7.18. The van der Waals surface area contributed by atoms with Gasteiger partial charge in [0.15, 0.2) is 5.60 Å². The lowest BCUT2D eigenvalue weighted by Gasteiger charge is -2.55. The second kappa shape index (κ2) is 6.01. The van der Waals surface area contributed by atoms with Crippen molar-refractivity contribution in [2.45, 2.75) is 63.8 Å². The molecule has 2 aliphatic rings. The van der Waals surface area contributed by atoms with E-state index >= 15 is 0 Å². The topological polar surface area (TPSA) is 36.3 Å². The van der Waals surface area contributed by atoms with Crippen LogP contribution < -0.4 is 0 Å². The number of hydrogen-bond donors (Lipinski definition) is 0. The molecule has 3 nitrogen and oxygen atoms in total. The molecule has 0 aromatic heterocycles. The summed E-state index contributed by atoms with van der Waals surface area (Å²) in [5, 5.41) is 9.05. The van der Waals surface area contributed by atoms with Gasteiger partial charge in [-0.05, 0) is 37.0 Å². The lowest BCUT2D eigenvalue weighted by Crippen LogP contribution is -2.72. The van der Waals surface area contributed by atoms with E-state index in [0.717, 1.165) is 32.8 Å². The predicted molar refractivity (Wildman–Crippen MR) is 77.1 cm³/mol. The second-order valence-corrected chi connectivity index (χ2v) is 7.18. The molecule has 1 aliphatic heterocycles. The Bertz CT molecular complexity index is 428. The molecule has 1 saturated carbocycles. The molecule has 0 aromatic rings. The molecule has 0 amide bonds. The fourth-order valence-corrected chi connectivity index (χ4v) is 3.95. The van der Waals surface area contributed by atoms with E-state index in [4.69, 9.17) is 10.00 Å². The van der Waals surface area contributed by atoms with Crippen molar-refractivity contribution in [3.8, 4) is 6.07 Å². The monoisotopic (exact) mass is 318 g/mol. The Balaban J connectivity index is 1.93. The highest BCUT2D eigenvalue weighted by Crippen LogP contribution is 2.48. The van der Waals surface area contributed by atoms with Crippen LogP contribution in [0.2, 0.25) is 0 Å². The van der Waals surface area contributed by atoms with Gasteiger partial charge in [-0.15, -0.1) is 0 Å². The van der Waals surface area contributed by atoms with Crippen molar-refractivity contribution in [2.75, 3.05) is 20.2 Å². The third-order valence-electron chi connectivity index (χ3n) is 5.95. The van der Waals surface area contributed by atoms with E-state index in [9.17, 15) is 13.2 Å². The number of rotatable bonds is 4. The van der Waals surface area contributed by atoms with Gasteiger partial charge in [0.2, 0.25) is 0 Å². The molecule has 2 rings (SSSR count). The predicted octanol–water partition coefficient (Wildman–Crippen LogP) is 3.75. The molecule has 0 radical (unpaired) electrons. The number of alkyl halides is 3. The Labute approximate surface area is 130 Å². The maximum atomic E-state index is 13.0. The molecule has 0 atom stereocenters. The zero-order chi connectivity index (χ0) is 16.6. The van der Waals surface area contributed by atoms with E-state index in [1.165, 1.54) is 0 Å². The molecule has 0 N–H and O–H groups in total. The third-order valence-corrected chi connectivity index (χ3v) is 5.95. The van der Waals surface area contributed by atoms with E-state index in [1.807, 2.05) is 4.90 Å². The minimum absolute atomic E-state index is 0.0402. The molecule has 1 heterocycles. The Morgan fingerprint density at radius 1 is 1.27 bits per heavy atom. The lowest BCUT2D eigenvalue weighted by molar-refractivity contribution is -0.316. The first-order valence-corrected chi connectivity index (χ1v) is 7.92. The van der Waals surface area contributed by atoms with Crippen LogP contribution in [0.1, 0.15) is 46.0 Å². The van der Waals surface area contributed by atoms with Crippen LogP contribution in [0.4, 0.5) is 13.2 Å². The summed E-state index contributed by atoms with van der Waals surface area (Å²) in [6.07, 6.45) is -0.177. The maximum Gasteiger partial charge on any atom is 0.419 e. The summed E-state index contributed by atoms with van der Waals surface area (Å²) in [5.41, 5.74) is -1.94. The Morgan fingerprint density at radius 3 is 2.18 bits per heavy atom. The minimum atomic E-state index is -4.31. The molecule has 22 heavy (non-hydrogen) atoms. The van der Waals surface area contributed by atoms with Crippen LogP contribution in [0, 0.1) is 22.7 Å². The summed E-state index contributed by atoms with van der Waals surface area (Å²) in [4.78, 5) is 1.90. The van der Waals surface area contributed by atoms with Crippen molar-refractivity contribution < 1.29 is 17.9 Å². The number of likely N-dealkylation sites (tertiary alicyclic amines) is 1. The molecule has 0 bridgehead atoms. The van der Waals surface area contributed by atoms with Gasteiger partial charge in [0.25, 0.3) is 0 Å². The molecule has 2 fully saturated rings. The number of nitrogens with zero attached hydrogens (tertiary/aromatic N) is 2. The zero-order valence-corrected chi connectivity index (χ0v) is 13.5. The van der Waals surface area contributed by atoms with Gasteiger partial charge in [0.05, 0.1) is 6.07 Å². The number of nitriles is 1. The van der Waals surface area contributed by atoms with Crippen LogP contribution in [0.25, 0.3) is 0 Å². The van der Waals surface area contributed by atoms with Gasteiger partial charge in [0.1, 0.15) is 0 Å². The minimum Gasteiger partial charge on any atom is -0.366 e. The van der Waals surface area contributed by atoms with E-state index in [2.05, 4.69) is 19.9 Å². The SMILES string of the molecule is COC1(C(F)(F)F)CN(C2CCC(CC#N)(C(C)C)CC2)C1. The highest BCUT2D eigenvalue weighted by Gasteiger charge is 2.63. The number of ether oxygens (including phenoxy) is 1. The van der Waals surface area contributed by atoms with Gasteiger partial charge >= 0.3 is 6.18 Å². The number of methoxy groups -OCH3 is 1. The highest BCUT2D eigenvalue weighted by molar-refractivity contribution is 5.06. The zero-order valence-electron chi connectivity index (χ0n) is 13.5. The van der Waals surface area contributed by atoms with Crippen molar-refractivity contribution in [2.24, 2.45) is 11.3 Å². The van der Waals surface area contributed by atoms with E-state index in [-0.39, 0.29) is 24.5 Å². The van der Waals surface area contributed by atoms with Gasteiger partial charge in [-0.3, -0.25) is 4.90 Å². The Hall–Kier alpha value is -0.800. The van der Waals surface area contributed by atoms with Crippen LogP contribution in [-0.2, 0) is 4.74 Å². The van der Waals surface area contributed by atoms with Crippen molar-refractivity contribution >= 4 is 0 Å². The van der Waals surface area contributed by atoms with Crippen molar-refractivity contribution in [3.63, 3.8) is 0 Å². The first-order valence-electron chi connectivity index (χ1n) is 7.92. The normalized spacial score (nSPS) is 32.5. The van der Waals surface area contributed by atoms with Gasteiger partial charge < -0.3 is 4.74 Å². The molecule has 0 aromatic carbocycles. The number of hydrogen-bond acceptors (Lipinski definition) is 3. The summed E-state index contributed by atoms with van der Waals surface area (Å²) in [6.45, 7) is 4.15. The summed E-state index contributed by atoms with van der Waals surface area (Å²) in [6, 6.07) is 2.48. The third kappa shape index (κ3) is 2.85. The van der Waals surface area contributed by atoms with E-state index in [0.29, 0.717) is 12.3 Å². The molecule has 126 valence electrons. The molecule has 0 spiro atoms. The molecule has 1 saturated heterocycles. The smallest absolute Gasteiger partial charge is 0.366 e. The maximum absolute atomic E-state index is 13.0. The summed E-state index contributed by atoms with van der Waals surface area (Å²) >= 11 is 0. The summed E-state index contributed by atoms with van der Waals surface area (Å²) in [5.74, 6) is 0.428. The van der Waals surface area contributed by atoms with Crippen molar-refractivity contribution in [1.29, 1.82) is 5.26 Å². The number of halogens is 3. The van der Waals surface area contributed by atoms with Crippen LogP contribution in [0.5, 0.6) is 0 Å². The lowest BCUT2D eigenvalue weighted by atomic mass is 9.64. The van der Waals surface area contributed by atoms with E-state index in [1.54, 1.807) is 0 Å². The fraction of sp³-hybridized carbons (Fsp3) is 0.938. The highest BCUT2D eigenvalue weighted by atomic mass is 19.4. The van der Waals surface area contributed by atoms with Crippen molar-refractivity contribution in [1.82, 2.24) is 4.90 Å². The average molecular weight is 318 g/mol. The van der Waals surface area contributed by atoms with Gasteiger partial charge in [-0.1, -0.05) is 13.8 Å². The largest absolute Gasteiger partial charge is 0.419 e. The average Bonchev–Trinajstić information content (AvgIpc) is 2.38. The van der Waals surface area contributed by atoms with E-state index < -0.39 is 11.8 Å². The van der Waals surface area contributed by atoms with Gasteiger partial charge in [-0.2, -0.15) is 18.4 Å². The van der Waals surface area contributed by atoms with Gasteiger partial charge in [0, 0.05) is 32.7 Å². The molecule has 1 aliphatic carbocycles. The fourth-order valence-electron chi connectivity index (χ4n) is 3.95. The quantitative estimate of drug-likeness (QED) is 0.792. The van der Waals surface area contributed by atoms with Crippen LogP contribution >= 0.6 is 0 Å². The first kappa shape index (κ1) is 17.6. The Morgan fingerprint density at radius 2 is 1.82 bits per heavy atom. The summed E-state index contributed by atoms with van der Waals surface area (Å²) < 4.78 is 43.9. The molecule has 6 heteroatoms. The summed E-state index contributed by atoms with van der Waals surface area (Å²) in [7, 11) is 1.14. The standard InChI is InChI=1S/C16H25F3N2O/c1-12(2)14(8-9-20)6-4-13(5-7-14)21-10-15(11-21,22-3)16(17,18)19/h12-13H,4-8,10-11H2,1-3H3. The molecule has 0 unspecified atom stereocenters. The van der Waals surface area contributed by atoms with Crippen LogP contribution in [0.3, 0.4) is 0 Å². The van der Waals surface area contributed by atoms with Crippen LogP contribution in [-0.4, -0.2) is 42.9 Å². The van der Waals surface area contributed by atoms with Crippen LogP contribution in [0.15, 0.2) is 0 Å². The Kier molecular flexibility index (Phi) is 4.79. The first-order chi connectivity index (χ1) is 10.2. The van der Waals surface area contributed by atoms with Crippen molar-refractivity contribution in [3.05, 3.63) is 0 Å². The van der Waals surface area contributed by atoms with Gasteiger partial charge in [-0.25, -0.2) is 0 Å².